The Morgan fingerprint density at radius 3 is 2.22 bits per heavy atom. The van der Waals surface area contributed by atoms with Crippen molar-refractivity contribution in [2.45, 2.75) is 25.0 Å². The van der Waals surface area contributed by atoms with Gasteiger partial charge in [-0.3, -0.25) is 4.90 Å². The van der Waals surface area contributed by atoms with Gasteiger partial charge in [0.05, 0.1) is 18.9 Å². The van der Waals surface area contributed by atoms with E-state index in [4.69, 9.17) is 27.9 Å². The second kappa shape index (κ2) is 7.88. The van der Waals surface area contributed by atoms with E-state index >= 15 is 0 Å². The molecule has 1 aliphatic heterocycles. The van der Waals surface area contributed by atoms with E-state index in [1.807, 2.05) is 30.3 Å². The van der Waals surface area contributed by atoms with Crippen LogP contribution in [0.4, 0.5) is 5.69 Å². The van der Waals surface area contributed by atoms with Gasteiger partial charge in [-0.05, 0) is 41.8 Å². The number of aliphatic hydroxyl groups excluding tert-OH is 1. The number of hydrogen-bond donors (Lipinski definition) is 1. The second-order valence-corrected chi connectivity index (χ2v) is 8.04. The quantitative estimate of drug-likeness (QED) is 0.843. The number of halogens is 2. The number of fused-ring (bicyclic) bond motifs is 1. The molecule has 1 heterocycles. The van der Waals surface area contributed by atoms with E-state index in [0.717, 1.165) is 60.2 Å². The molecule has 0 bridgehead atoms. The summed E-state index contributed by atoms with van der Waals surface area (Å²) in [6, 6.07) is 11.9. The average molecular weight is 407 g/mol. The zero-order valence-corrected chi connectivity index (χ0v) is 16.9. The maximum absolute atomic E-state index is 10.8. The largest absolute Gasteiger partial charge is 0.495 e. The van der Waals surface area contributed by atoms with Crippen LogP contribution >= 0.6 is 23.2 Å². The minimum absolute atomic E-state index is 0.0771. The summed E-state index contributed by atoms with van der Waals surface area (Å²) >= 11 is 12.7. The Kier molecular flexibility index (Phi) is 5.51. The molecule has 4 nitrogen and oxygen atoms in total. The highest BCUT2D eigenvalue weighted by molar-refractivity contribution is 6.34. The molecule has 0 unspecified atom stereocenters. The zero-order valence-electron chi connectivity index (χ0n) is 15.4. The molecule has 6 heteroatoms. The summed E-state index contributed by atoms with van der Waals surface area (Å²) < 4.78 is 5.50. The summed E-state index contributed by atoms with van der Waals surface area (Å²) in [5.74, 6) is 0.902. The molecule has 1 N–H and O–H groups in total. The van der Waals surface area contributed by atoms with Crippen LogP contribution in [0, 0.1) is 0 Å². The first-order valence-corrected chi connectivity index (χ1v) is 10.1. The van der Waals surface area contributed by atoms with E-state index in [0.29, 0.717) is 11.4 Å². The van der Waals surface area contributed by atoms with Crippen LogP contribution in [0.3, 0.4) is 0 Å². The Balaban J connectivity index is 1.48. The van der Waals surface area contributed by atoms with Gasteiger partial charge in [0, 0.05) is 48.7 Å². The Hall–Kier alpha value is -1.46. The van der Waals surface area contributed by atoms with Crippen LogP contribution in [0.15, 0.2) is 36.4 Å². The Morgan fingerprint density at radius 1 is 0.926 bits per heavy atom. The second-order valence-electron chi connectivity index (χ2n) is 7.22. The van der Waals surface area contributed by atoms with E-state index in [-0.39, 0.29) is 6.04 Å². The minimum atomic E-state index is -0.425. The lowest BCUT2D eigenvalue weighted by molar-refractivity contribution is 0.0395. The molecule has 2 aliphatic rings. The van der Waals surface area contributed by atoms with E-state index in [9.17, 15) is 5.11 Å². The monoisotopic (exact) mass is 406 g/mol. The van der Waals surface area contributed by atoms with Crippen molar-refractivity contribution in [2.75, 3.05) is 38.2 Å². The fourth-order valence-corrected chi connectivity index (χ4v) is 4.83. The van der Waals surface area contributed by atoms with Crippen molar-refractivity contribution < 1.29 is 9.84 Å². The van der Waals surface area contributed by atoms with Crippen molar-refractivity contribution in [1.29, 1.82) is 0 Å². The third-order valence-corrected chi connectivity index (χ3v) is 6.50. The number of aliphatic hydroxyl groups is 1. The molecule has 0 radical (unpaired) electrons. The highest BCUT2D eigenvalue weighted by atomic mass is 35.5. The van der Waals surface area contributed by atoms with Crippen molar-refractivity contribution in [2.24, 2.45) is 0 Å². The lowest BCUT2D eigenvalue weighted by atomic mass is 9.85. The summed E-state index contributed by atoms with van der Waals surface area (Å²) in [7, 11) is 1.71. The van der Waals surface area contributed by atoms with Crippen LogP contribution in [-0.2, 0) is 12.8 Å². The topological polar surface area (TPSA) is 35.9 Å². The van der Waals surface area contributed by atoms with Gasteiger partial charge in [0.15, 0.2) is 0 Å². The standard InChI is InChI=1S/C21H24Cl2N2O2/c1-27-21-5-3-2-4-18(21)24-8-10-25(11-9-24)19-12-14-15(13-20(19)26)17(23)7-6-16(14)22/h2-7,19-20,26H,8-13H2,1H3/t19-,20-/m0/s1. The summed E-state index contributed by atoms with van der Waals surface area (Å²) in [6.07, 6.45) is 0.878. The summed E-state index contributed by atoms with van der Waals surface area (Å²) in [5, 5.41) is 12.2. The third kappa shape index (κ3) is 3.64. The predicted molar refractivity (Wildman–Crippen MR) is 110 cm³/mol. The molecule has 0 spiro atoms. The number of piperazine rings is 1. The number of ether oxygens (including phenoxy) is 1. The highest BCUT2D eigenvalue weighted by Gasteiger charge is 2.35. The van der Waals surface area contributed by atoms with Gasteiger partial charge in [-0.2, -0.15) is 0 Å². The maximum Gasteiger partial charge on any atom is 0.142 e. The van der Waals surface area contributed by atoms with Crippen LogP contribution in [-0.4, -0.2) is 55.4 Å². The summed E-state index contributed by atoms with van der Waals surface area (Å²) in [6.45, 7) is 3.60. The Bertz CT molecular complexity index is 822. The van der Waals surface area contributed by atoms with Crippen molar-refractivity contribution in [3.05, 3.63) is 57.6 Å². The molecule has 144 valence electrons. The summed E-state index contributed by atoms with van der Waals surface area (Å²) in [4.78, 5) is 4.74. The van der Waals surface area contributed by atoms with Crippen LogP contribution in [0.2, 0.25) is 10.0 Å². The van der Waals surface area contributed by atoms with Gasteiger partial charge in [-0.25, -0.2) is 0 Å². The molecular weight excluding hydrogens is 383 g/mol. The zero-order chi connectivity index (χ0) is 19.0. The van der Waals surface area contributed by atoms with Crippen LogP contribution in [0.25, 0.3) is 0 Å². The van der Waals surface area contributed by atoms with Gasteiger partial charge in [0.25, 0.3) is 0 Å². The highest BCUT2D eigenvalue weighted by Crippen LogP contribution is 2.35. The molecule has 1 aliphatic carbocycles. The van der Waals surface area contributed by atoms with Gasteiger partial charge in [0.1, 0.15) is 5.75 Å². The number of benzene rings is 2. The number of methoxy groups -OCH3 is 1. The minimum Gasteiger partial charge on any atom is -0.495 e. The van der Waals surface area contributed by atoms with E-state index < -0.39 is 6.10 Å². The number of rotatable bonds is 3. The molecule has 2 aromatic rings. The fraction of sp³-hybridized carbons (Fsp3) is 0.429. The molecular formula is C21H24Cl2N2O2. The van der Waals surface area contributed by atoms with Gasteiger partial charge < -0.3 is 14.7 Å². The molecule has 2 aromatic carbocycles. The molecule has 4 rings (SSSR count). The predicted octanol–water partition coefficient (Wildman–Crippen LogP) is 3.65. The Morgan fingerprint density at radius 2 is 1.56 bits per heavy atom. The number of nitrogens with zero attached hydrogens (tertiary/aromatic N) is 2. The first kappa shape index (κ1) is 18.9. The first-order valence-electron chi connectivity index (χ1n) is 9.34. The van der Waals surface area contributed by atoms with E-state index in [2.05, 4.69) is 15.9 Å². The Labute approximate surface area is 170 Å². The molecule has 1 saturated heterocycles. The third-order valence-electron chi connectivity index (χ3n) is 5.80. The molecule has 0 amide bonds. The fourth-order valence-electron chi connectivity index (χ4n) is 4.33. The molecule has 2 atom stereocenters. The van der Waals surface area contributed by atoms with Crippen molar-refractivity contribution >= 4 is 28.9 Å². The SMILES string of the molecule is COc1ccccc1N1CCN([C@H]2Cc3c(Cl)ccc(Cl)c3C[C@@H]2O)CC1. The lowest BCUT2D eigenvalue weighted by Crippen LogP contribution is -2.56. The van der Waals surface area contributed by atoms with Crippen molar-refractivity contribution in [3.8, 4) is 5.75 Å². The molecule has 0 aromatic heterocycles. The van der Waals surface area contributed by atoms with Gasteiger partial charge in [-0.15, -0.1) is 0 Å². The van der Waals surface area contributed by atoms with Crippen LogP contribution in [0.5, 0.6) is 5.75 Å². The maximum atomic E-state index is 10.8. The van der Waals surface area contributed by atoms with E-state index in [1.54, 1.807) is 7.11 Å². The smallest absolute Gasteiger partial charge is 0.142 e. The number of hydrogen-bond acceptors (Lipinski definition) is 4. The normalized spacial score (nSPS) is 23.2. The van der Waals surface area contributed by atoms with Crippen LogP contribution in [0.1, 0.15) is 11.1 Å². The summed E-state index contributed by atoms with van der Waals surface area (Å²) in [5.41, 5.74) is 3.22. The van der Waals surface area contributed by atoms with E-state index in [1.165, 1.54) is 0 Å². The lowest BCUT2D eigenvalue weighted by Gasteiger charge is -2.44. The first-order chi connectivity index (χ1) is 13.1. The van der Waals surface area contributed by atoms with Gasteiger partial charge in [0.2, 0.25) is 0 Å². The molecule has 27 heavy (non-hydrogen) atoms. The van der Waals surface area contributed by atoms with Crippen LogP contribution < -0.4 is 9.64 Å². The number of anilines is 1. The number of para-hydroxylation sites is 2. The van der Waals surface area contributed by atoms with Gasteiger partial charge in [-0.1, -0.05) is 35.3 Å². The van der Waals surface area contributed by atoms with Crippen molar-refractivity contribution in [1.82, 2.24) is 4.90 Å². The van der Waals surface area contributed by atoms with Crippen molar-refractivity contribution in [3.63, 3.8) is 0 Å². The average Bonchev–Trinajstić information content (AvgIpc) is 2.71. The molecule has 1 fully saturated rings. The molecule has 0 saturated carbocycles. The van der Waals surface area contributed by atoms with Gasteiger partial charge >= 0.3 is 0 Å².